The summed E-state index contributed by atoms with van der Waals surface area (Å²) in [4.78, 5) is 4.32. The zero-order valence-corrected chi connectivity index (χ0v) is 11.1. The number of nitrogens with zero attached hydrogens (tertiary/aromatic N) is 1. The van der Waals surface area contributed by atoms with Gasteiger partial charge in [-0.05, 0) is 47.6 Å². The van der Waals surface area contributed by atoms with Gasteiger partial charge < -0.3 is 5.32 Å². The predicted octanol–water partition coefficient (Wildman–Crippen LogP) is 3.53. The second-order valence-electron chi connectivity index (χ2n) is 3.68. The lowest BCUT2D eigenvalue weighted by Crippen LogP contribution is -2.23. The lowest BCUT2D eigenvalue weighted by Gasteiger charge is -2.20. The SMILES string of the molecule is CCC(C)C(C)Nc1ccc(I)cn1. The largest absolute Gasteiger partial charge is 0.367 e. The molecule has 2 atom stereocenters. The van der Waals surface area contributed by atoms with E-state index in [-0.39, 0.29) is 0 Å². The van der Waals surface area contributed by atoms with E-state index in [9.17, 15) is 0 Å². The highest BCUT2D eigenvalue weighted by Crippen LogP contribution is 2.13. The number of pyridine rings is 1. The third-order valence-corrected chi connectivity index (χ3v) is 3.24. The van der Waals surface area contributed by atoms with Gasteiger partial charge in [-0.2, -0.15) is 0 Å². The first-order valence-corrected chi connectivity index (χ1v) is 6.09. The highest BCUT2D eigenvalue weighted by Gasteiger charge is 2.09. The summed E-state index contributed by atoms with van der Waals surface area (Å²) in [5.74, 6) is 1.65. The highest BCUT2D eigenvalue weighted by molar-refractivity contribution is 14.1. The summed E-state index contributed by atoms with van der Waals surface area (Å²) in [5.41, 5.74) is 0. The number of halogens is 1. The fourth-order valence-electron chi connectivity index (χ4n) is 1.19. The van der Waals surface area contributed by atoms with E-state index in [0.717, 1.165) is 5.82 Å². The third-order valence-electron chi connectivity index (χ3n) is 2.60. The van der Waals surface area contributed by atoms with Crippen LogP contribution in [0.4, 0.5) is 5.82 Å². The predicted molar refractivity (Wildman–Crippen MR) is 69.5 cm³/mol. The van der Waals surface area contributed by atoms with E-state index in [1.54, 1.807) is 0 Å². The van der Waals surface area contributed by atoms with Crippen molar-refractivity contribution in [1.29, 1.82) is 0 Å². The first-order valence-electron chi connectivity index (χ1n) is 5.01. The van der Waals surface area contributed by atoms with Gasteiger partial charge >= 0.3 is 0 Å². The van der Waals surface area contributed by atoms with Crippen LogP contribution in [0.2, 0.25) is 0 Å². The molecule has 78 valence electrons. The number of hydrogen-bond acceptors (Lipinski definition) is 2. The first kappa shape index (κ1) is 11.8. The van der Waals surface area contributed by atoms with Crippen molar-refractivity contribution in [3.63, 3.8) is 0 Å². The minimum atomic E-state index is 0.479. The fourth-order valence-corrected chi connectivity index (χ4v) is 1.51. The number of hydrogen-bond donors (Lipinski definition) is 1. The van der Waals surface area contributed by atoms with Gasteiger partial charge in [-0.3, -0.25) is 0 Å². The summed E-state index contributed by atoms with van der Waals surface area (Å²) in [7, 11) is 0. The number of aromatic nitrogens is 1. The molecule has 1 heterocycles. The van der Waals surface area contributed by atoms with Crippen LogP contribution in [0.3, 0.4) is 0 Å². The monoisotopic (exact) mass is 304 g/mol. The quantitative estimate of drug-likeness (QED) is 0.861. The summed E-state index contributed by atoms with van der Waals surface area (Å²) >= 11 is 2.26. The van der Waals surface area contributed by atoms with Crippen LogP contribution >= 0.6 is 22.6 Å². The molecule has 3 heteroatoms. The van der Waals surface area contributed by atoms with Gasteiger partial charge in [-0.1, -0.05) is 20.3 Å². The van der Waals surface area contributed by atoms with Crippen molar-refractivity contribution in [2.24, 2.45) is 5.92 Å². The number of anilines is 1. The van der Waals surface area contributed by atoms with Gasteiger partial charge in [0.25, 0.3) is 0 Å². The normalized spacial score (nSPS) is 14.9. The standard InChI is InChI=1S/C11H17IN2/c1-4-8(2)9(3)14-11-6-5-10(12)7-13-11/h5-9H,4H2,1-3H3,(H,13,14). The van der Waals surface area contributed by atoms with Crippen molar-refractivity contribution in [3.8, 4) is 0 Å². The average molecular weight is 304 g/mol. The average Bonchev–Trinajstić information content (AvgIpc) is 2.20. The molecule has 0 amide bonds. The molecule has 0 aromatic carbocycles. The summed E-state index contributed by atoms with van der Waals surface area (Å²) in [6, 6.07) is 4.58. The molecular formula is C11H17IN2. The lowest BCUT2D eigenvalue weighted by molar-refractivity contribution is 0.493. The Morgan fingerprint density at radius 3 is 2.64 bits per heavy atom. The van der Waals surface area contributed by atoms with E-state index in [4.69, 9.17) is 0 Å². The van der Waals surface area contributed by atoms with Crippen LogP contribution in [0, 0.1) is 9.49 Å². The van der Waals surface area contributed by atoms with Gasteiger partial charge in [-0.25, -0.2) is 4.98 Å². The second-order valence-corrected chi connectivity index (χ2v) is 4.93. The van der Waals surface area contributed by atoms with Crippen LogP contribution in [-0.4, -0.2) is 11.0 Å². The van der Waals surface area contributed by atoms with Crippen molar-refractivity contribution in [1.82, 2.24) is 4.98 Å². The Morgan fingerprint density at radius 1 is 1.43 bits per heavy atom. The van der Waals surface area contributed by atoms with Crippen LogP contribution in [0.1, 0.15) is 27.2 Å². The number of rotatable bonds is 4. The molecule has 2 unspecified atom stereocenters. The first-order chi connectivity index (χ1) is 6.63. The van der Waals surface area contributed by atoms with Gasteiger partial charge in [0.1, 0.15) is 5.82 Å². The molecule has 0 aliphatic heterocycles. The summed E-state index contributed by atoms with van der Waals surface area (Å²) in [5, 5.41) is 3.41. The summed E-state index contributed by atoms with van der Waals surface area (Å²) in [6.45, 7) is 6.67. The van der Waals surface area contributed by atoms with Crippen molar-refractivity contribution < 1.29 is 0 Å². The minimum Gasteiger partial charge on any atom is -0.367 e. The van der Waals surface area contributed by atoms with Crippen molar-refractivity contribution in [3.05, 3.63) is 21.9 Å². The zero-order chi connectivity index (χ0) is 10.6. The van der Waals surface area contributed by atoms with Gasteiger partial charge in [0.05, 0.1) is 0 Å². The molecule has 0 radical (unpaired) electrons. The van der Waals surface area contributed by atoms with Gasteiger partial charge in [-0.15, -0.1) is 0 Å². The molecule has 0 fully saturated rings. The molecule has 1 rings (SSSR count). The van der Waals surface area contributed by atoms with E-state index in [1.807, 2.05) is 12.3 Å². The molecule has 1 N–H and O–H groups in total. The Hall–Kier alpha value is -0.320. The Morgan fingerprint density at radius 2 is 2.14 bits per heavy atom. The van der Waals surface area contributed by atoms with E-state index in [0.29, 0.717) is 12.0 Å². The molecule has 0 spiro atoms. The molecular weight excluding hydrogens is 287 g/mol. The van der Waals surface area contributed by atoms with Gasteiger partial charge in [0, 0.05) is 15.8 Å². The van der Waals surface area contributed by atoms with Gasteiger partial charge in [0.2, 0.25) is 0 Å². The minimum absolute atomic E-state index is 0.479. The summed E-state index contributed by atoms with van der Waals surface area (Å²) in [6.07, 6.45) is 3.07. The summed E-state index contributed by atoms with van der Waals surface area (Å²) < 4.78 is 1.17. The molecule has 0 bridgehead atoms. The van der Waals surface area contributed by atoms with E-state index in [2.05, 4.69) is 59.7 Å². The van der Waals surface area contributed by atoms with Crippen molar-refractivity contribution in [2.75, 3.05) is 5.32 Å². The van der Waals surface area contributed by atoms with Gasteiger partial charge in [0.15, 0.2) is 0 Å². The zero-order valence-electron chi connectivity index (χ0n) is 8.92. The van der Waals surface area contributed by atoms with Crippen LogP contribution in [0.5, 0.6) is 0 Å². The maximum absolute atomic E-state index is 4.32. The highest BCUT2D eigenvalue weighted by atomic mass is 127. The molecule has 1 aromatic rings. The van der Waals surface area contributed by atoms with E-state index in [1.165, 1.54) is 9.99 Å². The third kappa shape index (κ3) is 3.44. The number of nitrogens with one attached hydrogen (secondary N) is 1. The topological polar surface area (TPSA) is 24.9 Å². The second kappa shape index (κ2) is 5.53. The Kier molecular flexibility index (Phi) is 4.65. The fraction of sp³-hybridized carbons (Fsp3) is 0.545. The molecule has 0 saturated heterocycles. The Balaban J connectivity index is 2.56. The molecule has 1 aromatic heterocycles. The van der Waals surface area contributed by atoms with Crippen molar-refractivity contribution >= 4 is 28.4 Å². The molecule has 14 heavy (non-hydrogen) atoms. The van der Waals surface area contributed by atoms with E-state index < -0.39 is 0 Å². The van der Waals surface area contributed by atoms with Crippen LogP contribution in [0.25, 0.3) is 0 Å². The Labute approximate surface area is 99.7 Å². The maximum Gasteiger partial charge on any atom is 0.126 e. The van der Waals surface area contributed by atoms with Crippen LogP contribution < -0.4 is 5.32 Å². The Bertz CT molecular complexity index is 271. The van der Waals surface area contributed by atoms with Crippen molar-refractivity contribution in [2.45, 2.75) is 33.2 Å². The van der Waals surface area contributed by atoms with Crippen LogP contribution in [-0.2, 0) is 0 Å². The maximum atomic E-state index is 4.32. The van der Waals surface area contributed by atoms with E-state index >= 15 is 0 Å². The smallest absolute Gasteiger partial charge is 0.126 e. The molecule has 0 aliphatic carbocycles. The lowest BCUT2D eigenvalue weighted by atomic mass is 10.0. The molecule has 0 aliphatic rings. The van der Waals surface area contributed by atoms with Crippen LogP contribution in [0.15, 0.2) is 18.3 Å². The molecule has 0 saturated carbocycles. The molecule has 2 nitrogen and oxygen atoms in total.